The number of rotatable bonds is 5. The van der Waals surface area contributed by atoms with Crippen LogP contribution < -0.4 is 10.5 Å². The lowest BCUT2D eigenvalue weighted by Crippen LogP contribution is -2.15. The molecule has 2 nitrogen and oxygen atoms in total. The average Bonchev–Trinajstić information content (AvgIpc) is 2.88. The molecule has 1 unspecified atom stereocenters. The predicted molar refractivity (Wildman–Crippen MR) is 71.0 cm³/mol. The smallest absolute Gasteiger partial charge is 0.134 e. The lowest BCUT2D eigenvalue weighted by molar-refractivity contribution is 0.399. The highest BCUT2D eigenvalue weighted by Crippen LogP contribution is 2.32. The van der Waals surface area contributed by atoms with Gasteiger partial charge in [0.05, 0.1) is 7.11 Å². The maximum atomic E-state index is 13.8. The summed E-state index contributed by atoms with van der Waals surface area (Å²) in [6.07, 6.45) is 6.56. The van der Waals surface area contributed by atoms with Gasteiger partial charge in [-0.05, 0) is 18.8 Å². The maximum absolute atomic E-state index is 13.8. The van der Waals surface area contributed by atoms with Gasteiger partial charge in [-0.2, -0.15) is 0 Å². The third-order valence-electron chi connectivity index (χ3n) is 4.02. The molecule has 0 radical (unpaired) electrons. The first-order valence-corrected chi connectivity index (χ1v) is 6.90. The summed E-state index contributed by atoms with van der Waals surface area (Å²) >= 11 is 0. The molecule has 1 aliphatic carbocycles. The molecule has 0 aliphatic heterocycles. The van der Waals surface area contributed by atoms with Gasteiger partial charge in [0.15, 0.2) is 0 Å². The fraction of sp³-hybridized carbons (Fsp3) is 0.600. The molecule has 1 atom stereocenters. The number of methoxy groups -OCH3 is 1. The van der Waals surface area contributed by atoms with E-state index in [2.05, 4.69) is 0 Å². The SMILES string of the molecule is COc1cc(F)c(C(N)CCC2CCCC2)c(F)c1. The zero-order valence-corrected chi connectivity index (χ0v) is 11.3. The Hall–Kier alpha value is -1.16. The van der Waals surface area contributed by atoms with Crippen LogP contribution in [0, 0.1) is 17.6 Å². The van der Waals surface area contributed by atoms with Crippen LogP contribution in [0.4, 0.5) is 8.78 Å². The van der Waals surface area contributed by atoms with Crippen molar-refractivity contribution in [2.24, 2.45) is 11.7 Å². The minimum Gasteiger partial charge on any atom is -0.497 e. The molecule has 19 heavy (non-hydrogen) atoms. The second kappa shape index (κ2) is 6.33. The molecule has 1 fully saturated rings. The van der Waals surface area contributed by atoms with Crippen LogP contribution in [0.15, 0.2) is 12.1 Å². The molecular weight excluding hydrogens is 248 g/mol. The third kappa shape index (κ3) is 3.44. The number of hydrogen-bond donors (Lipinski definition) is 1. The predicted octanol–water partition coefficient (Wildman–Crippen LogP) is 3.94. The van der Waals surface area contributed by atoms with Gasteiger partial charge in [0.1, 0.15) is 17.4 Å². The largest absolute Gasteiger partial charge is 0.497 e. The summed E-state index contributed by atoms with van der Waals surface area (Å²) in [5, 5.41) is 0. The van der Waals surface area contributed by atoms with Crippen LogP contribution in [0.3, 0.4) is 0 Å². The zero-order chi connectivity index (χ0) is 13.8. The number of ether oxygens (including phenoxy) is 1. The van der Waals surface area contributed by atoms with Gasteiger partial charge in [-0.3, -0.25) is 0 Å². The fourth-order valence-electron chi connectivity index (χ4n) is 2.89. The van der Waals surface area contributed by atoms with E-state index in [9.17, 15) is 8.78 Å². The van der Waals surface area contributed by atoms with E-state index < -0.39 is 17.7 Å². The molecule has 0 amide bonds. The van der Waals surface area contributed by atoms with Crippen molar-refractivity contribution in [3.8, 4) is 5.75 Å². The van der Waals surface area contributed by atoms with Gasteiger partial charge in [-0.15, -0.1) is 0 Å². The van der Waals surface area contributed by atoms with Crippen LogP contribution in [0.25, 0.3) is 0 Å². The van der Waals surface area contributed by atoms with Crippen LogP contribution in [0.1, 0.15) is 50.1 Å². The van der Waals surface area contributed by atoms with Crippen molar-refractivity contribution < 1.29 is 13.5 Å². The van der Waals surface area contributed by atoms with Gasteiger partial charge < -0.3 is 10.5 Å². The summed E-state index contributed by atoms with van der Waals surface area (Å²) in [4.78, 5) is 0. The summed E-state index contributed by atoms with van der Waals surface area (Å²) < 4.78 is 32.5. The van der Waals surface area contributed by atoms with Crippen molar-refractivity contribution in [3.63, 3.8) is 0 Å². The number of nitrogens with two attached hydrogens (primary N) is 1. The van der Waals surface area contributed by atoms with Crippen LogP contribution in [0.2, 0.25) is 0 Å². The Morgan fingerprint density at radius 2 is 1.84 bits per heavy atom. The lowest BCUT2D eigenvalue weighted by atomic mass is 9.95. The van der Waals surface area contributed by atoms with E-state index in [-0.39, 0.29) is 11.3 Å². The molecule has 0 bridgehead atoms. The molecular formula is C15H21F2NO. The first kappa shape index (κ1) is 14.3. The maximum Gasteiger partial charge on any atom is 0.134 e. The minimum atomic E-state index is -0.615. The molecule has 1 aromatic carbocycles. The molecule has 0 heterocycles. The Morgan fingerprint density at radius 1 is 1.26 bits per heavy atom. The Morgan fingerprint density at radius 3 is 2.37 bits per heavy atom. The van der Waals surface area contributed by atoms with Crippen LogP contribution >= 0.6 is 0 Å². The van der Waals surface area contributed by atoms with Crippen molar-refractivity contribution in [1.82, 2.24) is 0 Å². The highest BCUT2D eigenvalue weighted by atomic mass is 19.1. The Labute approximate surface area is 112 Å². The highest BCUT2D eigenvalue weighted by Gasteiger charge is 2.21. The summed E-state index contributed by atoms with van der Waals surface area (Å²) in [7, 11) is 1.38. The molecule has 2 N–H and O–H groups in total. The van der Waals surface area contributed by atoms with Gasteiger partial charge in [-0.25, -0.2) is 8.78 Å². The van der Waals surface area contributed by atoms with E-state index in [4.69, 9.17) is 10.5 Å². The van der Waals surface area contributed by atoms with Crippen LogP contribution in [-0.2, 0) is 0 Å². The molecule has 0 spiro atoms. The van der Waals surface area contributed by atoms with E-state index in [1.54, 1.807) is 0 Å². The highest BCUT2D eigenvalue weighted by molar-refractivity contribution is 5.32. The summed E-state index contributed by atoms with van der Waals surface area (Å²) in [6, 6.07) is 1.80. The molecule has 2 rings (SSSR count). The van der Waals surface area contributed by atoms with E-state index in [0.29, 0.717) is 12.3 Å². The summed E-state index contributed by atoms with van der Waals surface area (Å²) in [6.45, 7) is 0. The Kier molecular flexibility index (Phi) is 4.75. The lowest BCUT2D eigenvalue weighted by Gasteiger charge is -2.17. The second-order valence-corrected chi connectivity index (χ2v) is 5.34. The fourth-order valence-corrected chi connectivity index (χ4v) is 2.89. The monoisotopic (exact) mass is 269 g/mol. The molecule has 0 saturated heterocycles. The van der Waals surface area contributed by atoms with Crippen LogP contribution in [0.5, 0.6) is 5.75 Å². The molecule has 1 saturated carbocycles. The van der Waals surface area contributed by atoms with Gasteiger partial charge in [0.2, 0.25) is 0 Å². The molecule has 1 aromatic rings. The average molecular weight is 269 g/mol. The normalized spacial score (nSPS) is 17.7. The number of hydrogen-bond acceptors (Lipinski definition) is 2. The van der Waals surface area contributed by atoms with Crippen molar-refractivity contribution in [1.29, 1.82) is 0 Å². The second-order valence-electron chi connectivity index (χ2n) is 5.34. The Bertz CT molecular complexity index is 407. The van der Waals surface area contributed by atoms with Gasteiger partial charge in [0, 0.05) is 23.7 Å². The quantitative estimate of drug-likeness (QED) is 0.878. The summed E-state index contributed by atoms with van der Waals surface area (Å²) in [5.74, 6) is -0.372. The zero-order valence-electron chi connectivity index (χ0n) is 11.3. The topological polar surface area (TPSA) is 35.2 Å². The first-order chi connectivity index (χ1) is 9.11. The number of benzene rings is 1. The third-order valence-corrected chi connectivity index (χ3v) is 4.02. The Balaban J connectivity index is 2.03. The van der Waals surface area contributed by atoms with E-state index in [1.165, 1.54) is 44.9 Å². The van der Waals surface area contributed by atoms with Crippen LogP contribution in [-0.4, -0.2) is 7.11 Å². The van der Waals surface area contributed by atoms with Crippen molar-refractivity contribution in [3.05, 3.63) is 29.3 Å². The van der Waals surface area contributed by atoms with Crippen molar-refractivity contribution in [2.45, 2.75) is 44.6 Å². The molecule has 106 valence electrons. The van der Waals surface area contributed by atoms with Crippen molar-refractivity contribution in [2.75, 3.05) is 7.11 Å². The minimum absolute atomic E-state index is 0.0150. The standard InChI is InChI=1S/C15H21F2NO/c1-19-11-8-12(16)15(13(17)9-11)14(18)7-6-10-4-2-3-5-10/h8-10,14H,2-7,18H2,1H3. The summed E-state index contributed by atoms with van der Waals surface area (Å²) in [5.41, 5.74) is 5.93. The first-order valence-electron chi connectivity index (χ1n) is 6.90. The van der Waals surface area contributed by atoms with Crippen molar-refractivity contribution >= 4 is 0 Å². The van der Waals surface area contributed by atoms with Gasteiger partial charge in [0.25, 0.3) is 0 Å². The van der Waals surface area contributed by atoms with E-state index in [1.807, 2.05) is 0 Å². The van der Waals surface area contributed by atoms with Gasteiger partial charge >= 0.3 is 0 Å². The molecule has 0 aromatic heterocycles. The van der Waals surface area contributed by atoms with Gasteiger partial charge in [-0.1, -0.05) is 25.7 Å². The number of halogens is 2. The van der Waals surface area contributed by atoms with E-state index >= 15 is 0 Å². The van der Waals surface area contributed by atoms with E-state index in [0.717, 1.165) is 6.42 Å². The molecule has 1 aliphatic rings. The molecule has 4 heteroatoms.